The van der Waals surface area contributed by atoms with Crippen molar-refractivity contribution in [3.63, 3.8) is 0 Å². The molecule has 2 aliphatic rings. The minimum Gasteiger partial charge on any atom is -0.130 e. The Morgan fingerprint density at radius 3 is 2.08 bits per heavy atom. The third-order valence-electron chi connectivity index (χ3n) is 6.31. The van der Waals surface area contributed by atoms with Gasteiger partial charge in [0.15, 0.2) is 0 Å². The van der Waals surface area contributed by atoms with Gasteiger partial charge in [0.1, 0.15) is 8.07 Å². The monoisotopic (exact) mass is 338 g/mol. The molecule has 0 heterocycles. The highest BCUT2D eigenvalue weighted by molar-refractivity contribution is 6.95. The van der Waals surface area contributed by atoms with Gasteiger partial charge in [-0.15, -0.1) is 5.73 Å². The topological polar surface area (TPSA) is 0 Å². The van der Waals surface area contributed by atoms with Gasteiger partial charge in [-0.2, -0.15) is 0 Å². The normalized spacial score (nSPS) is 20.4. The first-order chi connectivity index (χ1) is 11.7. The largest absolute Gasteiger partial charge is 0.130 e. The van der Waals surface area contributed by atoms with Crippen molar-refractivity contribution >= 4 is 13.3 Å². The fourth-order valence-corrected chi connectivity index (χ4v) is 7.81. The molecule has 0 N–H and O–H groups in total. The van der Waals surface area contributed by atoms with E-state index in [-0.39, 0.29) is 0 Å². The van der Waals surface area contributed by atoms with E-state index in [1.54, 1.807) is 10.4 Å². The van der Waals surface area contributed by atoms with Gasteiger partial charge >= 0.3 is 0 Å². The molecule has 0 aromatic heterocycles. The molecule has 130 valence electrons. The van der Waals surface area contributed by atoms with Gasteiger partial charge in [0.05, 0.1) is 0 Å². The SMILES string of the molecule is C[Si](C)(C(=C=CC1CCCCC1)C1CCCCC1)c1ccccc1. The second kappa shape index (κ2) is 8.36. The highest BCUT2D eigenvalue weighted by atomic mass is 28.3. The van der Waals surface area contributed by atoms with Crippen LogP contribution in [0.1, 0.15) is 64.2 Å². The zero-order chi connectivity index (χ0) is 16.8. The van der Waals surface area contributed by atoms with Crippen LogP contribution in [-0.4, -0.2) is 8.07 Å². The summed E-state index contributed by atoms with van der Waals surface area (Å²) in [5.41, 5.74) is 3.95. The average Bonchev–Trinajstić information content (AvgIpc) is 2.64. The Morgan fingerprint density at radius 2 is 1.46 bits per heavy atom. The number of hydrogen-bond acceptors (Lipinski definition) is 0. The van der Waals surface area contributed by atoms with Crippen molar-refractivity contribution in [3.05, 3.63) is 47.3 Å². The standard InChI is InChI=1S/C23H34Si/c1-24(2,22-16-10-5-11-17-22)23(21-14-8-4-9-15-21)19-18-20-12-6-3-7-13-20/h5,10-11,16-18,20-21H,3-4,6-9,12-15H2,1-2H3. The lowest BCUT2D eigenvalue weighted by atomic mass is 9.87. The molecule has 3 rings (SSSR count). The van der Waals surface area contributed by atoms with Crippen molar-refractivity contribution < 1.29 is 0 Å². The number of allylic oxidation sites excluding steroid dienone is 1. The summed E-state index contributed by atoms with van der Waals surface area (Å²) in [5, 5.41) is 3.29. The van der Waals surface area contributed by atoms with Gasteiger partial charge in [-0.3, -0.25) is 0 Å². The number of benzene rings is 1. The van der Waals surface area contributed by atoms with Crippen LogP contribution in [0, 0.1) is 11.8 Å². The smallest absolute Gasteiger partial charge is 0.117 e. The Kier molecular flexibility index (Phi) is 6.19. The molecule has 0 aliphatic heterocycles. The predicted octanol–water partition coefficient (Wildman–Crippen LogP) is 6.38. The Labute approximate surface area is 150 Å². The van der Waals surface area contributed by atoms with Crippen LogP contribution in [0.4, 0.5) is 0 Å². The molecule has 2 saturated carbocycles. The van der Waals surface area contributed by atoms with Crippen LogP contribution in [0.25, 0.3) is 0 Å². The maximum absolute atomic E-state index is 3.95. The van der Waals surface area contributed by atoms with Gasteiger partial charge in [0.2, 0.25) is 0 Å². The van der Waals surface area contributed by atoms with E-state index in [0.29, 0.717) is 0 Å². The molecule has 1 aromatic carbocycles. The van der Waals surface area contributed by atoms with Crippen molar-refractivity contribution in [2.45, 2.75) is 77.3 Å². The Morgan fingerprint density at radius 1 is 0.875 bits per heavy atom. The van der Waals surface area contributed by atoms with Gasteiger partial charge in [0, 0.05) is 0 Å². The zero-order valence-corrected chi connectivity index (χ0v) is 16.7. The Hall–Kier alpha value is -1.04. The summed E-state index contributed by atoms with van der Waals surface area (Å²) < 4.78 is 0. The summed E-state index contributed by atoms with van der Waals surface area (Å²) in [5.74, 6) is 1.58. The first kappa shape index (κ1) is 17.8. The second-order valence-corrected chi connectivity index (χ2v) is 12.8. The van der Waals surface area contributed by atoms with Crippen LogP contribution in [0.2, 0.25) is 13.1 Å². The Balaban J connectivity index is 1.93. The molecule has 0 spiro atoms. The summed E-state index contributed by atoms with van der Waals surface area (Å²) >= 11 is 0. The average molecular weight is 339 g/mol. The maximum Gasteiger partial charge on any atom is 0.117 e. The first-order valence-electron chi connectivity index (χ1n) is 10.2. The van der Waals surface area contributed by atoms with E-state index in [2.05, 4.69) is 55.2 Å². The molecule has 1 aromatic rings. The van der Waals surface area contributed by atoms with Gasteiger partial charge in [0.25, 0.3) is 0 Å². The molecular formula is C23H34Si. The highest BCUT2D eigenvalue weighted by Gasteiger charge is 2.33. The van der Waals surface area contributed by atoms with E-state index in [4.69, 9.17) is 0 Å². The summed E-state index contributed by atoms with van der Waals surface area (Å²) in [6, 6.07) is 11.3. The lowest BCUT2D eigenvalue weighted by molar-refractivity contribution is 0.410. The van der Waals surface area contributed by atoms with E-state index < -0.39 is 8.07 Å². The van der Waals surface area contributed by atoms with Gasteiger partial charge in [-0.1, -0.05) is 87.1 Å². The van der Waals surface area contributed by atoms with E-state index >= 15 is 0 Å². The molecule has 0 radical (unpaired) electrons. The summed E-state index contributed by atoms with van der Waals surface area (Å²) in [7, 11) is -1.61. The molecule has 0 nitrogen and oxygen atoms in total. The first-order valence-corrected chi connectivity index (χ1v) is 13.2. The molecule has 0 amide bonds. The molecule has 0 bridgehead atoms. The van der Waals surface area contributed by atoms with Gasteiger partial charge < -0.3 is 0 Å². The molecule has 2 fully saturated rings. The Bertz CT molecular complexity index is 565. The van der Waals surface area contributed by atoms with Crippen molar-refractivity contribution in [1.29, 1.82) is 0 Å². The van der Waals surface area contributed by atoms with Crippen LogP contribution in [0.3, 0.4) is 0 Å². The summed E-state index contributed by atoms with van der Waals surface area (Å²) in [6.07, 6.45) is 16.6. The maximum atomic E-state index is 3.95. The molecule has 0 unspecified atom stereocenters. The minimum absolute atomic E-state index is 0.790. The van der Waals surface area contributed by atoms with Crippen molar-refractivity contribution in [3.8, 4) is 0 Å². The third kappa shape index (κ3) is 4.32. The third-order valence-corrected chi connectivity index (χ3v) is 9.98. The molecule has 0 saturated heterocycles. The van der Waals surface area contributed by atoms with Crippen molar-refractivity contribution in [2.24, 2.45) is 11.8 Å². The lowest BCUT2D eigenvalue weighted by Crippen LogP contribution is -2.46. The number of hydrogen-bond donors (Lipinski definition) is 0. The van der Waals surface area contributed by atoms with Crippen molar-refractivity contribution in [2.75, 3.05) is 0 Å². The molecular weight excluding hydrogens is 304 g/mol. The molecule has 1 heteroatoms. The van der Waals surface area contributed by atoms with Crippen LogP contribution in [0.15, 0.2) is 47.3 Å². The fourth-order valence-electron chi connectivity index (χ4n) is 4.72. The summed E-state index contributed by atoms with van der Waals surface area (Å²) in [4.78, 5) is 0. The minimum atomic E-state index is -1.61. The molecule has 2 aliphatic carbocycles. The van der Waals surface area contributed by atoms with E-state index in [0.717, 1.165) is 11.8 Å². The van der Waals surface area contributed by atoms with Crippen LogP contribution >= 0.6 is 0 Å². The lowest BCUT2D eigenvalue weighted by Gasteiger charge is -2.33. The zero-order valence-electron chi connectivity index (χ0n) is 15.7. The van der Waals surface area contributed by atoms with E-state index in [9.17, 15) is 0 Å². The van der Waals surface area contributed by atoms with E-state index in [1.807, 2.05) is 0 Å². The second-order valence-electron chi connectivity index (χ2n) is 8.45. The predicted molar refractivity (Wildman–Crippen MR) is 108 cm³/mol. The molecule has 0 atom stereocenters. The fraction of sp³-hybridized carbons (Fsp3) is 0.609. The number of rotatable bonds is 4. The van der Waals surface area contributed by atoms with Gasteiger partial charge in [-0.25, -0.2) is 0 Å². The van der Waals surface area contributed by atoms with Crippen LogP contribution in [-0.2, 0) is 0 Å². The van der Waals surface area contributed by atoms with Crippen molar-refractivity contribution in [1.82, 2.24) is 0 Å². The highest BCUT2D eigenvalue weighted by Crippen LogP contribution is 2.34. The summed E-state index contributed by atoms with van der Waals surface area (Å²) in [6.45, 7) is 5.10. The van der Waals surface area contributed by atoms with Gasteiger partial charge in [-0.05, 0) is 48.8 Å². The van der Waals surface area contributed by atoms with E-state index in [1.165, 1.54) is 64.2 Å². The molecule has 24 heavy (non-hydrogen) atoms. The quantitative estimate of drug-likeness (QED) is 0.441. The van der Waals surface area contributed by atoms with Crippen LogP contribution in [0.5, 0.6) is 0 Å². The van der Waals surface area contributed by atoms with Crippen LogP contribution < -0.4 is 5.19 Å².